The summed E-state index contributed by atoms with van der Waals surface area (Å²) >= 11 is 13.4. The highest BCUT2D eigenvalue weighted by Gasteiger charge is 2.37. The molecule has 7 rings (SSSR count). The van der Waals surface area contributed by atoms with E-state index in [4.69, 9.17) is 32.4 Å². The van der Waals surface area contributed by atoms with Crippen LogP contribution in [-0.4, -0.2) is 44.5 Å². The molecule has 3 aromatic carbocycles. The van der Waals surface area contributed by atoms with Crippen LogP contribution in [0.5, 0.6) is 5.75 Å². The molecule has 11 heteroatoms. The van der Waals surface area contributed by atoms with E-state index in [0.29, 0.717) is 53.4 Å². The Morgan fingerprint density at radius 3 is 2.45 bits per heavy atom. The number of amides is 1. The van der Waals surface area contributed by atoms with Crippen LogP contribution in [0.3, 0.4) is 0 Å². The number of benzene rings is 3. The quantitative estimate of drug-likeness (QED) is 0.159. The van der Waals surface area contributed by atoms with E-state index >= 15 is 0 Å². The molecule has 3 aromatic heterocycles. The Hall–Kier alpha value is -4.73. The number of hydrogen-bond acceptors (Lipinski definition) is 5. The third kappa shape index (κ3) is 5.45. The molecule has 0 bridgehead atoms. The molecule has 0 unspecified atom stereocenters. The number of carbonyl (C=O) groups excluding carboxylic acids is 1. The van der Waals surface area contributed by atoms with Crippen LogP contribution in [0.25, 0.3) is 33.0 Å². The van der Waals surface area contributed by atoms with Gasteiger partial charge >= 0.3 is 5.97 Å². The largest absolute Gasteiger partial charge is 0.494 e. The molecule has 1 amide bonds. The molecule has 0 radical (unpaired) electrons. The first kappa shape index (κ1) is 32.8. The second-order valence-electron chi connectivity index (χ2n) is 12.9. The van der Waals surface area contributed by atoms with Gasteiger partial charge in [-0.05, 0) is 107 Å². The predicted octanol–water partition coefficient (Wildman–Crippen LogP) is 9.26. The van der Waals surface area contributed by atoms with Gasteiger partial charge in [-0.2, -0.15) is 5.10 Å². The number of fused-ring (bicyclic) bond motifs is 4. The number of aromatic carboxylic acids is 1. The van der Waals surface area contributed by atoms with Crippen LogP contribution in [-0.2, 0) is 13.5 Å². The number of hydrogen-bond donors (Lipinski definition) is 1. The standard InChI is InChI=1S/C38H36Cl2N4O5/c1-19-14-26(15-20(2)34(19)40)48-13-7-8-27-28-10-11-29(39)33(32-22(4)41-42(6)23(32)5)35(28)44-21(3)18-43(37(45)36(27)44)25-9-12-30-24(16-25)17-31(49-30)38(46)47/h9-12,14-17,21H,7-8,13,18H2,1-6H3,(H,46,47)/t21-/m1/s1. The number of furan rings is 1. The Morgan fingerprint density at radius 2 is 1.78 bits per heavy atom. The average molecular weight is 700 g/mol. The van der Waals surface area contributed by atoms with E-state index in [1.54, 1.807) is 17.0 Å². The number of ether oxygens (including phenoxy) is 1. The maximum absolute atomic E-state index is 14.7. The molecule has 0 saturated heterocycles. The molecule has 0 spiro atoms. The molecule has 4 heterocycles. The summed E-state index contributed by atoms with van der Waals surface area (Å²) in [6.45, 7) is 10.9. The van der Waals surface area contributed by atoms with Crippen molar-refractivity contribution in [3.8, 4) is 16.9 Å². The summed E-state index contributed by atoms with van der Waals surface area (Å²) in [5, 5.41) is 17.0. The van der Waals surface area contributed by atoms with Gasteiger partial charge in [0.25, 0.3) is 5.91 Å². The fourth-order valence-electron chi connectivity index (χ4n) is 7.26. The van der Waals surface area contributed by atoms with Crippen LogP contribution in [0.15, 0.2) is 52.9 Å². The highest BCUT2D eigenvalue weighted by Crippen LogP contribution is 2.45. The summed E-state index contributed by atoms with van der Waals surface area (Å²) in [5.41, 5.74) is 9.15. The van der Waals surface area contributed by atoms with Gasteiger partial charge in [0.1, 0.15) is 17.0 Å². The second-order valence-corrected chi connectivity index (χ2v) is 13.7. The number of carboxylic acid groups (broad SMARTS) is 1. The molecule has 0 fully saturated rings. The lowest BCUT2D eigenvalue weighted by Gasteiger charge is -2.34. The summed E-state index contributed by atoms with van der Waals surface area (Å²) < 4.78 is 15.7. The molecule has 252 valence electrons. The van der Waals surface area contributed by atoms with Crippen molar-refractivity contribution < 1.29 is 23.8 Å². The van der Waals surface area contributed by atoms with E-state index in [-0.39, 0.29) is 17.7 Å². The molecule has 9 nitrogen and oxygen atoms in total. The van der Waals surface area contributed by atoms with Gasteiger partial charge in [-0.25, -0.2) is 4.79 Å². The molecule has 1 aliphatic heterocycles. The highest BCUT2D eigenvalue weighted by molar-refractivity contribution is 6.35. The minimum Gasteiger partial charge on any atom is -0.494 e. The van der Waals surface area contributed by atoms with Crippen LogP contribution in [0.2, 0.25) is 10.0 Å². The van der Waals surface area contributed by atoms with Crippen molar-refractivity contribution in [3.05, 3.63) is 98.1 Å². The Balaban J connectivity index is 1.34. The third-order valence-electron chi connectivity index (χ3n) is 9.59. The van der Waals surface area contributed by atoms with Gasteiger partial charge in [0.15, 0.2) is 0 Å². The van der Waals surface area contributed by atoms with E-state index < -0.39 is 5.97 Å². The molecular weight excluding hydrogens is 663 g/mol. The Labute approximate surface area is 293 Å². The summed E-state index contributed by atoms with van der Waals surface area (Å²) in [6, 6.07) is 14.5. The fourth-order valence-corrected chi connectivity index (χ4v) is 7.61. The first-order chi connectivity index (χ1) is 23.3. The SMILES string of the molecule is Cc1cc(OCCCc2c3n(c4c(-c5c(C)nn(C)c5C)c(Cl)ccc24)[C@H](C)CN(c2ccc4oc(C(=O)O)cc4c2)C3=O)cc(C)c1Cl. The van der Waals surface area contributed by atoms with E-state index in [0.717, 1.165) is 60.9 Å². The topological polar surface area (TPSA) is 103 Å². The summed E-state index contributed by atoms with van der Waals surface area (Å²) in [7, 11) is 1.92. The number of aromatic nitrogens is 3. The first-order valence-electron chi connectivity index (χ1n) is 16.2. The van der Waals surface area contributed by atoms with E-state index in [2.05, 4.69) is 16.6 Å². The van der Waals surface area contributed by atoms with Crippen molar-refractivity contribution >= 4 is 62.6 Å². The van der Waals surface area contributed by atoms with E-state index in [1.165, 1.54) is 6.07 Å². The normalized spacial score (nSPS) is 14.7. The second kappa shape index (κ2) is 12.3. The van der Waals surface area contributed by atoms with Crippen molar-refractivity contribution in [2.24, 2.45) is 7.05 Å². The minimum atomic E-state index is -1.14. The lowest BCUT2D eigenvalue weighted by atomic mass is 9.98. The number of rotatable bonds is 8. The van der Waals surface area contributed by atoms with Gasteiger partial charge in [-0.3, -0.25) is 9.48 Å². The number of anilines is 1. The predicted molar refractivity (Wildman–Crippen MR) is 193 cm³/mol. The minimum absolute atomic E-state index is 0.121. The number of carbonyl (C=O) groups is 2. The molecule has 0 aliphatic carbocycles. The van der Waals surface area contributed by atoms with Crippen LogP contribution in [0.4, 0.5) is 5.69 Å². The van der Waals surface area contributed by atoms with Crippen molar-refractivity contribution in [2.45, 2.75) is 53.5 Å². The van der Waals surface area contributed by atoms with E-state index in [9.17, 15) is 14.7 Å². The number of halogens is 2. The highest BCUT2D eigenvalue weighted by atomic mass is 35.5. The molecule has 49 heavy (non-hydrogen) atoms. The fraction of sp³-hybridized carbons (Fsp3) is 0.289. The van der Waals surface area contributed by atoms with Crippen LogP contribution in [0, 0.1) is 27.7 Å². The zero-order chi connectivity index (χ0) is 34.9. The first-order valence-corrected chi connectivity index (χ1v) is 16.9. The average Bonchev–Trinajstić information content (AvgIpc) is 3.71. The summed E-state index contributed by atoms with van der Waals surface area (Å²) in [4.78, 5) is 28.1. The number of aryl methyl sites for hydroxylation is 5. The Morgan fingerprint density at radius 1 is 1.04 bits per heavy atom. The number of nitrogens with zero attached hydrogens (tertiary/aromatic N) is 4. The Kier molecular flexibility index (Phi) is 8.24. The molecule has 0 saturated carbocycles. The maximum atomic E-state index is 14.7. The number of carboxylic acids is 1. The molecule has 1 N–H and O–H groups in total. The van der Waals surface area contributed by atoms with Crippen molar-refractivity contribution in [2.75, 3.05) is 18.1 Å². The van der Waals surface area contributed by atoms with Gasteiger partial charge in [-0.15, -0.1) is 0 Å². The zero-order valence-corrected chi connectivity index (χ0v) is 29.7. The van der Waals surface area contributed by atoms with Gasteiger partial charge in [0.2, 0.25) is 5.76 Å². The molecule has 1 aliphatic rings. The van der Waals surface area contributed by atoms with Gasteiger partial charge in [-0.1, -0.05) is 29.3 Å². The lowest BCUT2D eigenvalue weighted by molar-refractivity contribution is 0.0664. The van der Waals surface area contributed by atoms with E-state index in [1.807, 2.05) is 69.8 Å². The molecule has 6 aromatic rings. The zero-order valence-electron chi connectivity index (χ0n) is 28.1. The van der Waals surface area contributed by atoms with Crippen LogP contribution in [0.1, 0.15) is 68.5 Å². The van der Waals surface area contributed by atoms with Crippen LogP contribution < -0.4 is 9.64 Å². The molecule has 1 atom stereocenters. The summed E-state index contributed by atoms with van der Waals surface area (Å²) in [6.07, 6.45) is 1.25. The smallest absolute Gasteiger partial charge is 0.371 e. The van der Waals surface area contributed by atoms with Gasteiger partial charge in [0, 0.05) is 57.9 Å². The maximum Gasteiger partial charge on any atom is 0.371 e. The monoisotopic (exact) mass is 698 g/mol. The van der Waals surface area contributed by atoms with Crippen molar-refractivity contribution in [3.63, 3.8) is 0 Å². The van der Waals surface area contributed by atoms with Crippen molar-refractivity contribution in [1.82, 2.24) is 14.3 Å². The van der Waals surface area contributed by atoms with Crippen LogP contribution >= 0.6 is 23.2 Å². The van der Waals surface area contributed by atoms with Gasteiger partial charge in [0.05, 0.1) is 22.8 Å². The van der Waals surface area contributed by atoms with Crippen molar-refractivity contribution in [1.29, 1.82) is 0 Å². The third-order valence-corrected chi connectivity index (χ3v) is 10.5. The molecular formula is C38H36Cl2N4O5. The summed E-state index contributed by atoms with van der Waals surface area (Å²) in [5.74, 6) is -0.675. The lowest BCUT2D eigenvalue weighted by Crippen LogP contribution is -2.42. The van der Waals surface area contributed by atoms with Gasteiger partial charge < -0.3 is 23.7 Å². The Bertz CT molecular complexity index is 2310.